The fourth-order valence-corrected chi connectivity index (χ4v) is 4.09. The van der Waals surface area contributed by atoms with Crippen molar-refractivity contribution in [3.05, 3.63) is 84.4 Å². The first-order valence-electron chi connectivity index (χ1n) is 8.62. The molecule has 0 bridgehead atoms. The van der Waals surface area contributed by atoms with E-state index in [-0.39, 0.29) is 30.5 Å². The number of epoxide rings is 1. The fourth-order valence-electron chi connectivity index (χ4n) is 4.09. The molecule has 3 atom stereocenters. The van der Waals surface area contributed by atoms with Gasteiger partial charge < -0.3 is 4.74 Å². The minimum Gasteiger partial charge on any atom is -0.352 e. The molecule has 4 rings (SSSR count). The minimum atomic E-state index is -0.898. The Hall–Kier alpha value is -2.52. The highest BCUT2D eigenvalue weighted by molar-refractivity contribution is 6.00. The molecule has 0 N–H and O–H groups in total. The van der Waals surface area contributed by atoms with Gasteiger partial charge in [0.2, 0.25) is 0 Å². The van der Waals surface area contributed by atoms with E-state index in [9.17, 15) is 9.59 Å². The maximum absolute atomic E-state index is 13.0. The second kappa shape index (κ2) is 5.78. The summed E-state index contributed by atoms with van der Waals surface area (Å²) in [7, 11) is 0. The molecule has 3 heteroatoms. The second-order valence-corrected chi connectivity index (χ2v) is 6.80. The molecule has 1 aliphatic carbocycles. The Balaban J connectivity index is 1.78. The molecule has 0 amide bonds. The summed E-state index contributed by atoms with van der Waals surface area (Å²) in [5, 5.41) is 0. The summed E-state index contributed by atoms with van der Waals surface area (Å²) in [5.41, 5.74) is 0.0981. The van der Waals surface area contributed by atoms with Crippen LogP contribution in [0.25, 0.3) is 0 Å². The summed E-state index contributed by atoms with van der Waals surface area (Å²) >= 11 is 0. The molecule has 1 heterocycles. The molecule has 2 fully saturated rings. The highest BCUT2D eigenvalue weighted by Crippen LogP contribution is 2.54. The van der Waals surface area contributed by atoms with E-state index >= 15 is 0 Å². The van der Waals surface area contributed by atoms with Crippen LogP contribution >= 0.6 is 0 Å². The molecule has 2 aliphatic rings. The van der Waals surface area contributed by atoms with E-state index in [2.05, 4.69) is 6.58 Å². The van der Waals surface area contributed by atoms with Gasteiger partial charge >= 0.3 is 0 Å². The summed E-state index contributed by atoms with van der Waals surface area (Å²) in [6.45, 7) is 3.96. The van der Waals surface area contributed by atoms with Crippen LogP contribution in [0.1, 0.15) is 30.4 Å². The standard InChI is InChI=1S/C22H20O3/c1-2-21(16-9-5-3-6-10-16)15-20-22(25-20,17-11-7-4-8-12-17)19(24)14-13-18(21)23/h2-12,20H,1,13-15H2/t20-,21-,22+/m1/s1. The number of ketones is 2. The molecular weight excluding hydrogens is 312 g/mol. The van der Waals surface area contributed by atoms with Crippen molar-refractivity contribution in [3.8, 4) is 0 Å². The van der Waals surface area contributed by atoms with E-state index in [4.69, 9.17) is 4.74 Å². The SMILES string of the molecule is C=C[C@]1(c2ccccc2)C[C@H]2O[C@@]2(c2ccccc2)C(=O)CCC1=O. The predicted molar refractivity (Wildman–Crippen MR) is 95.2 cm³/mol. The lowest BCUT2D eigenvalue weighted by atomic mass is 9.68. The maximum atomic E-state index is 13.0. The normalized spacial score (nSPS) is 31.6. The lowest BCUT2D eigenvalue weighted by Gasteiger charge is -2.31. The number of carbonyl (C=O) groups is 2. The number of hydrogen-bond acceptors (Lipinski definition) is 3. The third-order valence-electron chi connectivity index (χ3n) is 5.56. The van der Waals surface area contributed by atoms with Crippen LogP contribution in [0.2, 0.25) is 0 Å². The third-order valence-corrected chi connectivity index (χ3v) is 5.56. The van der Waals surface area contributed by atoms with E-state index in [0.717, 1.165) is 11.1 Å². The van der Waals surface area contributed by atoms with Gasteiger partial charge in [0, 0.05) is 12.8 Å². The Kier molecular flexibility index (Phi) is 3.69. The van der Waals surface area contributed by atoms with Crippen LogP contribution in [0.3, 0.4) is 0 Å². The average molecular weight is 332 g/mol. The van der Waals surface area contributed by atoms with Crippen LogP contribution < -0.4 is 0 Å². The molecule has 2 aromatic carbocycles. The van der Waals surface area contributed by atoms with Crippen LogP contribution in [0.15, 0.2) is 73.3 Å². The molecule has 0 aromatic heterocycles. The van der Waals surface area contributed by atoms with Crippen molar-refractivity contribution in [2.75, 3.05) is 0 Å². The van der Waals surface area contributed by atoms with Crippen LogP contribution in [-0.4, -0.2) is 17.7 Å². The highest BCUT2D eigenvalue weighted by Gasteiger charge is 2.66. The Labute approximate surface area is 147 Å². The molecule has 2 aromatic rings. The molecular formula is C22H20O3. The number of hydrogen-bond donors (Lipinski definition) is 0. The Bertz CT molecular complexity index is 827. The first-order chi connectivity index (χ1) is 12.1. The lowest BCUT2D eigenvalue weighted by Crippen LogP contribution is -2.40. The van der Waals surface area contributed by atoms with Crippen LogP contribution in [0.5, 0.6) is 0 Å². The van der Waals surface area contributed by atoms with E-state index < -0.39 is 11.0 Å². The van der Waals surface area contributed by atoms with Gasteiger partial charge in [-0.2, -0.15) is 0 Å². The van der Waals surface area contributed by atoms with Gasteiger partial charge in [0.1, 0.15) is 11.9 Å². The topological polar surface area (TPSA) is 46.7 Å². The maximum Gasteiger partial charge on any atom is 0.178 e. The quantitative estimate of drug-likeness (QED) is 0.635. The molecule has 0 unspecified atom stereocenters. The summed E-state index contributed by atoms with van der Waals surface area (Å²) < 4.78 is 6.00. The smallest absolute Gasteiger partial charge is 0.178 e. The van der Waals surface area contributed by atoms with Gasteiger partial charge in [-0.1, -0.05) is 66.7 Å². The summed E-state index contributed by atoms with van der Waals surface area (Å²) in [6.07, 6.45) is 2.29. The predicted octanol–water partition coefficient (Wildman–Crippen LogP) is 3.73. The minimum absolute atomic E-state index is 0.00257. The molecule has 25 heavy (non-hydrogen) atoms. The summed E-state index contributed by atoms with van der Waals surface area (Å²) in [6, 6.07) is 19.3. The Morgan fingerprint density at radius 3 is 2.04 bits per heavy atom. The average Bonchev–Trinajstić information content (AvgIpc) is 3.39. The lowest BCUT2D eigenvalue weighted by molar-refractivity contribution is -0.129. The van der Waals surface area contributed by atoms with Crippen molar-refractivity contribution in [1.29, 1.82) is 0 Å². The van der Waals surface area contributed by atoms with Crippen molar-refractivity contribution in [2.45, 2.75) is 36.4 Å². The molecule has 3 nitrogen and oxygen atoms in total. The van der Waals surface area contributed by atoms with Gasteiger partial charge in [-0.25, -0.2) is 0 Å². The number of rotatable bonds is 3. The molecule has 1 saturated carbocycles. The van der Waals surface area contributed by atoms with Crippen molar-refractivity contribution < 1.29 is 14.3 Å². The summed E-state index contributed by atoms with van der Waals surface area (Å²) in [5.74, 6) is 0.0435. The molecule has 1 saturated heterocycles. The van der Waals surface area contributed by atoms with Crippen LogP contribution in [-0.2, 0) is 25.3 Å². The van der Waals surface area contributed by atoms with Gasteiger partial charge in [0.25, 0.3) is 0 Å². The number of fused-ring (bicyclic) bond motifs is 1. The number of carbonyl (C=O) groups excluding carboxylic acids is 2. The summed E-state index contributed by atoms with van der Waals surface area (Å²) in [4.78, 5) is 25.8. The number of Topliss-reactive ketones (excluding diaryl/α,β-unsaturated/α-hetero) is 2. The number of ether oxygens (including phenoxy) is 1. The van der Waals surface area contributed by atoms with E-state index in [1.807, 2.05) is 60.7 Å². The third kappa shape index (κ3) is 2.30. The second-order valence-electron chi connectivity index (χ2n) is 6.80. The van der Waals surface area contributed by atoms with Gasteiger partial charge in [0.15, 0.2) is 11.4 Å². The van der Waals surface area contributed by atoms with E-state index in [0.29, 0.717) is 6.42 Å². The fraction of sp³-hybridized carbons (Fsp3) is 0.273. The number of benzene rings is 2. The molecule has 126 valence electrons. The zero-order valence-electron chi connectivity index (χ0n) is 14.0. The molecule has 1 aliphatic heterocycles. The van der Waals surface area contributed by atoms with Crippen LogP contribution in [0.4, 0.5) is 0 Å². The first kappa shape index (κ1) is 16.0. The van der Waals surface area contributed by atoms with Crippen LogP contribution in [0, 0.1) is 0 Å². The zero-order valence-corrected chi connectivity index (χ0v) is 14.0. The van der Waals surface area contributed by atoms with E-state index in [1.54, 1.807) is 6.08 Å². The van der Waals surface area contributed by atoms with Gasteiger partial charge in [0.05, 0.1) is 5.41 Å². The van der Waals surface area contributed by atoms with E-state index in [1.165, 1.54) is 0 Å². The van der Waals surface area contributed by atoms with Gasteiger partial charge in [-0.15, -0.1) is 6.58 Å². The molecule has 0 spiro atoms. The Morgan fingerprint density at radius 1 is 0.880 bits per heavy atom. The van der Waals surface area contributed by atoms with Crippen molar-refractivity contribution in [1.82, 2.24) is 0 Å². The molecule has 0 radical (unpaired) electrons. The van der Waals surface area contributed by atoms with Crippen molar-refractivity contribution >= 4 is 11.6 Å². The first-order valence-corrected chi connectivity index (χ1v) is 8.62. The van der Waals surface area contributed by atoms with Crippen molar-refractivity contribution in [3.63, 3.8) is 0 Å². The zero-order chi connectivity index (χ0) is 17.5. The van der Waals surface area contributed by atoms with Crippen molar-refractivity contribution in [2.24, 2.45) is 0 Å². The monoisotopic (exact) mass is 332 g/mol. The highest BCUT2D eigenvalue weighted by atomic mass is 16.6. The van der Waals surface area contributed by atoms with Gasteiger partial charge in [-0.3, -0.25) is 9.59 Å². The Morgan fingerprint density at radius 2 is 1.44 bits per heavy atom. The van der Waals surface area contributed by atoms with Gasteiger partial charge in [-0.05, 0) is 17.5 Å². The largest absolute Gasteiger partial charge is 0.352 e. The number of allylic oxidation sites excluding steroid dienone is 1.